The molecule has 1 aromatic heterocycles. The summed E-state index contributed by atoms with van der Waals surface area (Å²) < 4.78 is 18.9. The summed E-state index contributed by atoms with van der Waals surface area (Å²) in [4.78, 5) is 15.1. The van der Waals surface area contributed by atoms with Crippen molar-refractivity contribution in [3.63, 3.8) is 0 Å². The molecule has 5 nitrogen and oxygen atoms in total. The van der Waals surface area contributed by atoms with Crippen LogP contribution in [0.15, 0.2) is 24.4 Å². The Hall–Kier alpha value is -1.92. The van der Waals surface area contributed by atoms with Crippen LogP contribution in [0.2, 0.25) is 0 Å². The Kier molecular flexibility index (Phi) is 3.42. The SMILES string of the molecule is O=C(N[C@H]1CCOC[C@@H]1O)c1c[nH]c2cccc(F)c12. The van der Waals surface area contributed by atoms with Gasteiger partial charge in [-0.25, -0.2) is 4.39 Å². The number of benzene rings is 1. The van der Waals surface area contributed by atoms with Crippen LogP contribution in [-0.2, 0) is 4.74 Å². The molecule has 2 heterocycles. The number of ether oxygens (including phenoxy) is 1. The van der Waals surface area contributed by atoms with Crippen LogP contribution in [0.1, 0.15) is 16.8 Å². The van der Waals surface area contributed by atoms with Gasteiger partial charge in [0.2, 0.25) is 0 Å². The molecule has 1 amide bonds. The van der Waals surface area contributed by atoms with Gasteiger partial charge in [-0.2, -0.15) is 0 Å². The van der Waals surface area contributed by atoms with Gasteiger partial charge in [-0.3, -0.25) is 4.79 Å². The molecule has 1 aliphatic rings. The van der Waals surface area contributed by atoms with Crippen LogP contribution in [0.5, 0.6) is 0 Å². The fourth-order valence-corrected chi connectivity index (χ4v) is 2.46. The number of hydrogen-bond acceptors (Lipinski definition) is 3. The second-order valence-electron chi connectivity index (χ2n) is 4.88. The molecule has 3 rings (SSSR count). The summed E-state index contributed by atoms with van der Waals surface area (Å²) in [6.45, 7) is 0.692. The van der Waals surface area contributed by atoms with Crippen LogP contribution in [0, 0.1) is 5.82 Å². The van der Waals surface area contributed by atoms with Gasteiger partial charge in [-0.05, 0) is 18.6 Å². The van der Waals surface area contributed by atoms with Crippen LogP contribution >= 0.6 is 0 Å². The first-order chi connectivity index (χ1) is 9.66. The lowest BCUT2D eigenvalue weighted by atomic mass is 10.1. The lowest BCUT2D eigenvalue weighted by molar-refractivity contribution is -0.0260. The molecule has 0 bridgehead atoms. The molecule has 2 atom stereocenters. The highest BCUT2D eigenvalue weighted by Gasteiger charge is 2.26. The molecule has 2 aromatic rings. The van der Waals surface area contributed by atoms with Gasteiger partial charge >= 0.3 is 0 Å². The monoisotopic (exact) mass is 278 g/mol. The number of aliphatic hydroxyl groups excluding tert-OH is 1. The summed E-state index contributed by atoms with van der Waals surface area (Å²) in [5, 5.41) is 12.8. The normalized spacial score (nSPS) is 22.9. The molecule has 0 saturated carbocycles. The Morgan fingerprint density at radius 1 is 1.50 bits per heavy atom. The van der Waals surface area contributed by atoms with E-state index in [4.69, 9.17) is 4.74 Å². The standard InChI is InChI=1S/C14H15FN2O3/c15-9-2-1-3-11-13(9)8(6-16-11)14(19)17-10-4-5-20-7-12(10)18/h1-3,6,10,12,16,18H,4-5,7H2,(H,17,19)/t10-,12-/m0/s1. The molecule has 1 saturated heterocycles. The second-order valence-corrected chi connectivity index (χ2v) is 4.88. The van der Waals surface area contributed by atoms with Crippen LogP contribution < -0.4 is 5.32 Å². The largest absolute Gasteiger partial charge is 0.389 e. The Bertz CT molecular complexity index is 640. The third-order valence-corrected chi connectivity index (χ3v) is 3.54. The van der Waals surface area contributed by atoms with E-state index in [1.807, 2.05) is 0 Å². The van der Waals surface area contributed by atoms with E-state index in [1.54, 1.807) is 12.1 Å². The first kappa shape index (κ1) is 13.1. The summed E-state index contributed by atoms with van der Waals surface area (Å²) in [6.07, 6.45) is 1.29. The molecule has 6 heteroatoms. The molecule has 20 heavy (non-hydrogen) atoms. The molecule has 0 radical (unpaired) electrons. The quantitative estimate of drug-likeness (QED) is 0.772. The molecular weight excluding hydrogens is 263 g/mol. The van der Waals surface area contributed by atoms with E-state index >= 15 is 0 Å². The maximum absolute atomic E-state index is 13.8. The van der Waals surface area contributed by atoms with Crippen molar-refractivity contribution in [1.82, 2.24) is 10.3 Å². The van der Waals surface area contributed by atoms with Crippen LogP contribution in [0.4, 0.5) is 4.39 Å². The van der Waals surface area contributed by atoms with Crippen molar-refractivity contribution in [3.05, 3.63) is 35.8 Å². The zero-order chi connectivity index (χ0) is 14.1. The molecule has 0 aliphatic carbocycles. The maximum Gasteiger partial charge on any atom is 0.253 e. The van der Waals surface area contributed by atoms with Gasteiger partial charge in [-0.15, -0.1) is 0 Å². The number of carbonyl (C=O) groups excluding carboxylic acids is 1. The summed E-state index contributed by atoms with van der Waals surface area (Å²) in [6, 6.07) is 4.24. The highest BCUT2D eigenvalue weighted by molar-refractivity contribution is 6.07. The van der Waals surface area contributed by atoms with E-state index in [2.05, 4.69) is 10.3 Å². The summed E-state index contributed by atoms with van der Waals surface area (Å²) >= 11 is 0. The van der Waals surface area contributed by atoms with E-state index in [0.717, 1.165) is 0 Å². The first-order valence-electron chi connectivity index (χ1n) is 6.49. The summed E-state index contributed by atoms with van der Waals surface area (Å²) in [7, 11) is 0. The van der Waals surface area contributed by atoms with Crippen molar-refractivity contribution >= 4 is 16.8 Å². The Balaban J connectivity index is 1.85. The van der Waals surface area contributed by atoms with E-state index in [9.17, 15) is 14.3 Å². The van der Waals surface area contributed by atoms with Crippen molar-refractivity contribution in [2.24, 2.45) is 0 Å². The smallest absolute Gasteiger partial charge is 0.253 e. The van der Waals surface area contributed by atoms with Gasteiger partial charge in [0, 0.05) is 23.7 Å². The predicted octanol–water partition coefficient (Wildman–Crippen LogP) is 1.19. The lowest BCUT2D eigenvalue weighted by Crippen LogP contribution is -2.48. The number of rotatable bonds is 2. The number of nitrogens with one attached hydrogen (secondary N) is 2. The number of halogens is 1. The van der Waals surface area contributed by atoms with Crippen molar-refractivity contribution in [3.8, 4) is 0 Å². The highest BCUT2D eigenvalue weighted by Crippen LogP contribution is 2.21. The first-order valence-corrected chi connectivity index (χ1v) is 6.49. The van der Waals surface area contributed by atoms with Gasteiger partial charge in [0.1, 0.15) is 5.82 Å². The van der Waals surface area contributed by atoms with Crippen LogP contribution in [0.25, 0.3) is 10.9 Å². The number of H-pyrrole nitrogens is 1. The molecule has 106 valence electrons. The number of aromatic amines is 1. The lowest BCUT2D eigenvalue weighted by Gasteiger charge is -2.28. The molecule has 3 N–H and O–H groups in total. The van der Waals surface area contributed by atoms with Crippen LogP contribution in [0.3, 0.4) is 0 Å². The van der Waals surface area contributed by atoms with Crippen molar-refractivity contribution in [2.75, 3.05) is 13.2 Å². The minimum Gasteiger partial charge on any atom is -0.389 e. The van der Waals surface area contributed by atoms with Crippen molar-refractivity contribution in [2.45, 2.75) is 18.6 Å². The van der Waals surface area contributed by atoms with Gasteiger partial charge in [-0.1, -0.05) is 6.07 Å². The zero-order valence-corrected chi connectivity index (χ0v) is 10.7. The second kappa shape index (κ2) is 5.22. The highest BCUT2D eigenvalue weighted by atomic mass is 19.1. The Morgan fingerprint density at radius 2 is 2.35 bits per heavy atom. The predicted molar refractivity (Wildman–Crippen MR) is 71.0 cm³/mol. The minimum atomic E-state index is -0.734. The molecule has 1 fully saturated rings. The van der Waals surface area contributed by atoms with E-state index in [0.29, 0.717) is 18.5 Å². The molecule has 1 aliphatic heterocycles. The number of hydrogen-bond donors (Lipinski definition) is 3. The van der Waals surface area contributed by atoms with E-state index in [1.165, 1.54) is 12.3 Å². The summed E-state index contributed by atoms with van der Waals surface area (Å²) in [5.74, 6) is -0.839. The van der Waals surface area contributed by atoms with Gasteiger partial charge in [0.25, 0.3) is 5.91 Å². The van der Waals surface area contributed by atoms with Crippen molar-refractivity contribution in [1.29, 1.82) is 0 Å². The summed E-state index contributed by atoms with van der Waals surface area (Å²) in [5.41, 5.74) is 0.819. The van der Waals surface area contributed by atoms with Crippen LogP contribution in [-0.4, -0.2) is 41.4 Å². The third kappa shape index (κ3) is 2.28. The van der Waals surface area contributed by atoms with Gasteiger partial charge in [0.05, 0.1) is 24.3 Å². The minimum absolute atomic E-state index is 0.202. The number of aliphatic hydroxyl groups is 1. The van der Waals surface area contributed by atoms with Gasteiger partial charge in [0.15, 0.2) is 0 Å². The molecule has 1 aromatic carbocycles. The Labute approximate surface area is 114 Å². The number of carbonyl (C=O) groups is 1. The van der Waals surface area contributed by atoms with Crippen molar-refractivity contribution < 1.29 is 19.0 Å². The number of amides is 1. The topological polar surface area (TPSA) is 74.3 Å². The Morgan fingerprint density at radius 3 is 3.15 bits per heavy atom. The number of fused-ring (bicyclic) bond motifs is 1. The number of aromatic nitrogens is 1. The molecule has 0 spiro atoms. The third-order valence-electron chi connectivity index (χ3n) is 3.54. The average Bonchev–Trinajstić information content (AvgIpc) is 2.87. The molecular formula is C14H15FN2O3. The molecule has 0 unspecified atom stereocenters. The fraction of sp³-hybridized carbons (Fsp3) is 0.357. The van der Waals surface area contributed by atoms with Gasteiger partial charge < -0.3 is 20.1 Å². The fourth-order valence-electron chi connectivity index (χ4n) is 2.46. The average molecular weight is 278 g/mol. The van der Waals surface area contributed by atoms with E-state index in [-0.39, 0.29) is 23.6 Å². The van der Waals surface area contributed by atoms with E-state index < -0.39 is 17.8 Å². The maximum atomic E-state index is 13.8. The zero-order valence-electron chi connectivity index (χ0n) is 10.7.